The van der Waals surface area contributed by atoms with Crippen LogP contribution in [0.2, 0.25) is 0 Å². The van der Waals surface area contributed by atoms with Crippen molar-refractivity contribution in [3.05, 3.63) is 46.1 Å². The van der Waals surface area contributed by atoms with Crippen LogP contribution in [0.4, 0.5) is 0 Å². The number of carbonyl (C=O) groups excluding carboxylic acids is 2. The first-order valence-corrected chi connectivity index (χ1v) is 7.62. The lowest BCUT2D eigenvalue weighted by molar-refractivity contribution is -0.0999. The maximum absolute atomic E-state index is 12.4. The fourth-order valence-corrected chi connectivity index (χ4v) is 2.46. The lowest BCUT2D eigenvalue weighted by Gasteiger charge is -2.23. The maximum Gasteiger partial charge on any atom is 0.213 e. The van der Waals surface area contributed by atoms with E-state index in [1.165, 1.54) is 12.1 Å². The van der Waals surface area contributed by atoms with E-state index in [2.05, 4.69) is 4.99 Å². The highest BCUT2D eigenvalue weighted by Crippen LogP contribution is 2.29. The molecule has 1 aromatic carbocycles. The van der Waals surface area contributed by atoms with Crippen LogP contribution in [-0.4, -0.2) is 74.3 Å². The van der Waals surface area contributed by atoms with Crippen molar-refractivity contribution >= 4 is 29.4 Å². The smallest absolute Gasteiger partial charge is 0.213 e. The van der Waals surface area contributed by atoms with Crippen molar-refractivity contribution in [2.45, 2.75) is 24.4 Å². The van der Waals surface area contributed by atoms with Gasteiger partial charge in [-0.05, 0) is 0 Å². The first-order valence-electron chi connectivity index (χ1n) is 7.25. The molecule has 0 radical (unpaired) electrons. The number of halogens is 1. The Balaban J connectivity index is 2.24. The minimum absolute atomic E-state index is 0.106. The standard InChI is InChI=1S/C16H16ClNO7/c17-11-12(14(23)8-4-2-1-3-7(8)13(11)22)18-5-9(20)15(24)16(25)10(21)6-19/h1-5,9-10,15-16,19-21,24-25H,6H2/t9-,10-,15+,16-/m1/s1. The van der Waals surface area contributed by atoms with Crippen LogP contribution in [0.25, 0.3) is 0 Å². The summed E-state index contributed by atoms with van der Waals surface area (Å²) in [5, 5.41) is 46.5. The van der Waals surface area contributed by atoms with Gasteiger partial charge < -0.3 is 25.5 Å². The van der Waals surface area contributed by atoms with E-state index in [1.54, 1.807) is 12.1 Å². The SMILES string of the molecule is O=C1C(Cl)=C(N=C[C@@H](O)[C@H](O)[C@H](O)[C@H](O)CO)C(=O)c2ccccc21. The molecule has 0 fully saturated rings. The number of aliphatic hydroxyl groups is 5. The molecule has 1 aliphatic carbocycles. The topological polar surface area (TPSA) is 148 Å². The largest absolute Gasteiger partial charge is 0.394 e. The van der Waals surface area contributed by atoms with Gasteiger partial charge in [-0.3, -0.25) is 14.6 Å². The minimum Gasteiger partial charge on any atom is -0.394 e. The molecule has 0 aromatic heterocycles. The van der Waals surface area contributed by atoms with Crippen molar-refractivity contribution in [2.75, 3.05) is 6.61 Å². The van der Waals surface area contributed by atoms with E-state index in [9.17, 15) is 30.0 Å². The van der Waals surface area contributed by atoms with Crippen molar-refractivity contribution in [2.24, 2.45) is 4.99 Å². The molecule has 134 valence electrons. The number of benzene rings is 1. The quantitative estimate of drug-likeness (QED) is 0.405. The van der Waals surface area contributed by atoms with Gasteiger partial charge in [-0.1, -0.05) is 35.9 Å². The monoisotopic (exact) mass is 369 g/mol. The highest BCUT2D eigenvalue weighted by molar-refractivity contribution is 6.50. The summed E-state index contributed by atoms with van der Waals surface area (Å²) in [6.07, 6.45) is -6.47. The van der Waals surface area contributed by atoms with Crippen LogP contribution in [-0.2, 0) is 0 Å². The van der Waals surface area contributed by atoms with Crippen molar-refractivity contribution < 1.29 is 35.1 Å². The Morgan fingerprint density at radius 2 is 1.56 bits per heavy atom. The van der Waals surface area contributed by atoms with Crippen LogP contribution in [0.1, 0.15) is 20.7 Å². The number of rotatable bonds is 6. The maximum atomic E-state index is 12.4. The molecule has 0 aliphatic heterocycles. The molecular weight excluding hydrogens is 354 g/mol. The van der Waals surface area contributed by atoms with Gasteiger partial charge in [0.05, 0.1) is 6.61 Å². The van der Waals surface area contributed by atoms with Crippen molar-refractivity contribution in [3.63, 3.8) is 0 Å². The Morgan fingerprint density at radius 3 is 2.12 bits per heavy atom. The van der Waals surface area contributed by atoms with E-state index < -0.39 is 53.3 Å². The van der Waals surface area contributed by atoms with Gasteiger partial charge in [-0.15, -0.1) is 0 Å². The molecule has 9 heteroatoms. The molecule has 0 unspecified atom stereocenters. The first-order chi connectivity index (χ1) is 11.8. The zero-order valence-corrected chi connectivity index (χ0v) is 13.5. The lowest BCUT2D eigenvalue weighted by atomic mass is 9.92. The van der Waals surface area contributed by atoms with Crippen LogP contribution in [0.3, 0.4) is 0 Å². The zero-order chi connectivity index (χ0) is 18.7. The van der Waals surface area contributed by atoms with E-state index >= 15 is 0 Å². The zero-order valence-electron chi connectivity index (χ0n) is 12.8. The molecule has 25 heavy (non-hydrogen) atoms. The second-order valence-corrected chi connectivity index (χ2v) is 5.74. The fourth-order valence-electron chi connectivity index (χ4n) is 2.22. The Labute approximate surface area is 147 Å². The van der Waals surface area contributed by atoms with Crippen molar-refractivity contribution in [1.29, 1.82) is 0 Å². The molecule has 8 nitrogen and oxygen atoms in total. The predicted molar refractivity (Wildman–Crippen MR) is 87.6 cm³/mol. The number of ketones is 2. The average Bonchev–Trinajstić information content (AvgIpc) is 2.64. The van der Waals surface area contributed by atoms with Crippen LogP contribution in [0.15, 0.2) is 40.0 Å². The number of nitrogens with zero attached hydrogens (tertiary/aromatic N) is 1. The third-order valence-corrected chi connectivity index (χ3v) is 4.03. The van der Waals surface area contributed by atoms with E-state index in [-0.39, 0.29) is 11.1 Å². The average molecular weight is 370 g/mol. The van der Waals surface area contributed by atoms with Crippen LogP contribution >= 0.6 is 11.6 Å². The minimum atomic E-state index is -1.88. The van der Waals surface area contributed by atoms with E-state index in [4.69, 9.17) is 16.7 Å². The van der Waals surface area contributed by atoms with Gasteiger partial charge in [-0.2, -0.15) is 0 Å². The van der Waals surface area contributed by atoms with Gasteiger partial charge in [0, 0.05) is 17.3 Å². The fraction of sp³-hybridized carbons (Fsp3) is 0.312. The molecule has 4 atom stereocenters. The van der Waals surface area contributed by atoms with Gasteiger partial charge in [0.15, 0.2) is 0 Å². The predicted octanol–water partition coefficient (Wildman–Crippen LogP) is -0.977. The Morgan fingerprint density at radius 1 is 1.00 bits per heavy atom. The van der Waals surface area contributed by atoms with Crippen LogP contribution in [0.5, 0.6) is 0 Å². The number of fused-ring (bicyclic) bond motifs is 1. The highest BCUT2D eigenvalue weighted by Gasteiger charge is 2.32. The normalized spacial score (nSPS) is 19.8. The number of carbonyl (C=O) groups is 2. The number of hydrogen-bond donors (Lipinski definition) is 5. The van der Waals surface area contributed by atoms with E-state index in [1.807, 2.05) is 0 Å². The molecule has 1 aromatic rings. The first kappa shape index (κ1) is 19.4. The summed E-state index contributed by atoms with van der Waals surface area (Å²) < 4.78 is 0. The number of aliphatic imine (C=N–C) groups is 1. The Kier molecular flexibility index (Phi) is 6.17. The van der Waals surface area contributed by atoms with Gasteiger partial charge >= 0.3 is 0 Å². The molecule has 0 saturated carbocycles. The second-order valence-electron chi connectivity index (χ2n) is 5.37. The summed E-state index contributed by atoms with van der Waals surface area (Å²) in [5.41, 5.74) is -0.165. The number of allylic oxidation sites excluding steroid dienone is 2. The molecule has 5 N–H and O–H groups in total. The summed E-state index contributed by atoms with van der Waals surface area (Å²) in [6.45, 7) is -0.831. The van der Waals surface area contributed by atoms with E-state index in [0.29, 0.717) is 0 Å². The van der Waals surface area contributed by atoms with Gasteiger partial charge in [0.25, 0.3) is 0 Å². The molecule has 0 bridgehead atoms. The Bertz CT molecular complexity index is 746. The number of Topliss-reactive ketones (excluding diaryl/α,β-unsaturated/α-hetero) is 2. The van der Waals surface area contributed by atoms with E-state index in [0.717, 1.165) is 6.21 Å². The lowest BCUT2D eigenvalue weighted by Crippen LogP contribution is -2.46. The van der Waals surface area contributed by atoms with Gasteiger partial charge in [-0.25, -0.2) is 0 Å². The summed E-state index contributed by atoms with van der Waals surface area (Å²) in [6, 6.07) is 6.02. The van der Waals surface area contributed by atoms with Crippen LogP contribution < -0.4 is 0 Å². The molecule has 2 rings (SSSR count). The summed E-state index contributed by atoms with van der Waals surface area (Å²) in [7, 11) is 0. The molecule has 0 spiro atoms. The summed E-state index contributed by atoms with van der Waals surface area (Å²) in [5.74, 6) is -1.23. The van der Waals surface area contributed by atoms with Crippen molar-refractivity contribution in [3.8, 4) is 0 Å². The molecule has 1 aliphatic rings. The molecule has 0 amide bonds. The van der Waals surface area contributed by atoms with Crippen LogP contribution in [0, 0.1) is 0 Å². The Hall–Kier alpha value is -1.94. The van der Waals surface area contributed by atoms with Crippen molar-refractivity contribution in [1.82, 2.24) is 0 Å². The molecular formula is C16H16ClNO7. The third-order valence-electron chi connectivity index (χ3n) is 3.68. The number of aliphatic hydroxyl groups excluding tert-OH is 5. The second kappa shape index (κ2) is 7.96. The molecule has 0 heterocycles. The van der Waals surface area contributed by atoms with Gasteiger partial charge in [0.1, 0.15) is 35.1 Å². The number of hydrogen-bond acceptors (Lipinski definition) is 8. The highest BCUT2D eigenvalue weighted by atomic mass is 35.5. The van der Waals surface area contributed by atoms with Gasteiger partial charge in [0.2, 0.25) is 11.6 Å². The summed E-state index contributed by atoms with van der Waals surface area (Å²) in [4.78, 5) is 28.2. The third kappa shape index (κ3) is 3.84. The molecule has 0 saturated heterocycles. The summed E-state index contributed by atoms with van der Waals surface area (Å²) >= 11 is 5.88.